The van der Waals surface area contributed by atoms with E-state index in [1.165, 1.54) is 44.9 Å². The minimum Gasteiger partial charge on any atom is -1.00 e. The molecule has 0 amide bonds. The molecule has 0 heterocycles. The number of esters is 1. The normalized spacial score (nSPS) is 11.0. The number of carbonyl (C=O) groups is 1. The van der Waals surface area contributed by atoms with Crippen molar-refractivity contribution in [1.82, 2.24) is 0 Å². The molecule has 0 unspecified atom stereocenters. The Kier molecular flexibility index (Phi) is 16.8. The summed E-state index contributed by atoms with van der Waals surface area (Å²) in [6, 6.07) is 0. The highest BCUT2D eigenvalue weighted by atomic mass is 127. The van der Waals surface area contributed by atoms with Crippen LogP contribution in [-0.4, -0.2) is 44.7 Å². The molecule has 0 aromatic carbocycles. The van der Waals surface area contributed by atoms with Gasteiger partial charge < -0.3 is 33.2 Å². The van der Waals surface area contributed by atoms with Crippen LogP contribution in [0.1, 0.15) is 71.1 Å². The van der Waals surface area contributed by atoms with Gasteiger partial charge in [0.2, 0.25) is 0 Å². The first-order valence-electron chi connectivity index (χ1n) is 8.42. The Morgan fingerprint density at radius 2 is 1.33 bits per heavy atom. The van der Waals surface area contributed by atoms with Gasteiger partial charge in [-0.25, -0.2) is 0 Å². The lowest BCUT2D eigenvalue weighted by Gasteiger charge is -2.23. The van der Waals surface area contributed by atoms with E-state index in [0.717, 1.165) is 23.9 Å². The first kappa shape index (κ1) is 23.4. The molecule has 0 N–H and O–H groups in total. The molecule has 0 bridgehead atoms. The van der Waals surface area contributed by atoms with Gasteiger partial charge in [-0.3, -0.25) is 4.79 Å². The van der Waals surface area contributed by atoms with E-state index in [2.05, 4.69) is 28.1 Å². The summed E-state index contributed by atoms with van der Waals surface area (Å²) in [6.07, 6.45) is 12.1. The molecule has 0 spiro atoms. The summed E-state index contributed by atoms with van der Waals surface area (Å²) in [6.45, 7) is 3.67. The van der Waals surface area contributed by atoms with Crippen LogP contribution in [0.5, 0.6) is 0 Å². The lowest BCUT2D eigenvalue weighted by molar-refractivity contribution is -0.870. The molecule has 0 atom stereocenters. The summed E-state index contributed by atoms with van der Waals surface area (Å²) < 4.78 is 6.07. The number of ether oxygens (including phenoxy) is 1. The fourth-order valence-corrected chi connectivity index (χ4v) is 2.09. The van der Waals surface area contributed by atoms with Gasteiger partial charge in [0.15, 0.2) is 0 Å². The van der Waals surface area contributed by atoms with Crippen LogP contribution in [0.2, 0.25) is 0 Å². The Balaban J connectivity index is 0. The van der Waals surface area contributed by atoms with E-state index >= 15 is 0 Å². The van der Waals surface area contributed by atoms with E-state index in [0.29, 0.717) is 13.0 Å². The Morgan fingerprint density at radius 3 is 1.81 bits per heavy atom. The molecule has 0 radical (unpaired) electrons. The maximum atomic E-state index is 11.5. The van der Waals surface area contributed by atoms with Crippen molar-refractivity contribution >= 4 is 5.97 Å². The average Bonchev–Trinajstić information content (AvgIpc) is 2.35. The van der Waals surface area contributed by atoms with Crippen molar-refractivity contribution < 1.29 is 38.0 Å². The lowest BCUT2D eigenvalue weighted by Crippen LogP contribution is -3.00. The van der Waals surface area contributed by atoms with Gasteiger partial charge in [-0.2, -0.15) is 0 Å². The van der Waals surface area contributed by atoms with Gasteiger partial charge in [-0.05, 0) is 6.42 Å². The second kappa shape index (κ2) is 15.1. The summed E-state index contributed by atoms with van der Waals surface area (Å²) in [7, 11) is 6.32. The molecule has 0 saturated heterocycles. The maximum absolute atomic E-state index is 11.5. The number of rotatable bonds is 13. The molecule has 0 aromatic heterocycles. The number of quaternary nitrogens is 1. The SMILES string of the molecule is CCCCCCCCCCCC(=O)OCC[N+](C)(C)C.[I-]. The van der Waals surface area contributed by atoms with Gasteiger partial charge in [0.25, 0.3) is 0 Å². The third-order valence-corrected chi connectivity index (χ3v) is 3.51. The third-order valence-electron chi connectivity index (χ3n) is 3.51. The Labute approximate surface area is 149 Å². The molecule has 0 aromatic rings. The molecule has 0 aliphatic carbocycles. The third kappa shape index (κ3) is 20.2. The highest BCUT2D eigenvalue weighted by molar-refractivity contribution is 5.69. The molecule has 128 valence electrons. The monoisotopic (exact) mass is 413 g/mol. The number of likely N-dealkylation sites (N-methyl/N-ethyl adjacent to an activating group) is 1. The van der Waals surface area contributed by atoms with Crippen molar-refractivity contribution in [2.75, 3.05) is 34.3 Å². The van der Waals surface area contributed by atoms with E-state index in [1.54, 1.807) is 0 Å². The van der Waals surface area contributed by atoms with Gasteiger partial charge in [0.1, 0.15) is 13.2 Å². The van der Waals surface area contributed by atoms with Gasteiger partial charge in [0, 0.05) is 6.42 Å². The maximum Gasteiger partial charge on any atom is 0.305 e. The van der Waals surface area contributed by atoms with Crippen molar-refractivity contribution in [3.63, 3.8) is 0 Å². The summed E-state index contributed by atoms with van der Waals surface area (Å²) in [5, 5.41) is 0. The quantitative estimate of drug-likeness (QED) is 0.196. The van der Waals surface area contributed by atoms with Crippen LogP contribution in [0.3, 0.4) is 0 Å². The van der Waals surface area contributed by atoms with Crippen LogP contribution in [0.15, 0.2) is 0 Å². The van der Waals surface area contributed by atoms with Crippen molar-refractivity contribution in [2.24, 2.45) is 0 Å². The van der Waals surface area contributed by atoms with Crippen molar-refractivity contribution in [2.45, 2.75) is 71.1 Å². The van der Waals surface area contributed by atoms with Crippen LogP contribution < -0.4 is 24.0 Å². The first-order valence-corrected chi connectivity index (χ1v) is 8.42. The van der Waals surface area contributed by atoms with Gasteiger partial charge >= 0.3 is 5.97 Å². The number of hydrogen-bond donors (Lipinski definition) is 0. The molecule has 0 fully saturated rings. The molecular weight excluding hydrogens is 377 g/mol. The van der Waals surface area contributed by atoms with Crippen molar-refractivity contribution in [3.05, 3.63) is 0 Å². The lowest BCUT2D eigenvalue weighted by atomic mass is 10.1. The van der Waals surface area contributed by atoms with Gasteiger partial charge in [0.05, 0.1) is 21.1 Å². The van der Waals surface area contributed by atoms with Crippen LogP contribution in [0.25, 0.3) is 0 Å². The largest absolute Gasteiger partial charge is 1.00 e. The molecule has 4 heteroatoms. The second-order valence-electron chi connectivity index (χ2n) is 6.81. The summed E-state index contributed by atoms with van der Waals surface area (Å²) >= 11 is 0. The highest BCUT2D eigenvalue weighted by Gasteiger charge is 2.08. The summed E-state index contributed by atoms with van der Waals surface area (Å²) in [4.78, 5) is 11.5. The number of carbonyl (C=O) groups excluding carboxylic acids is 1. The summed E-state index contributed by atoms with van der Waals surface area (Å²) in [5.41, 5.74) is 0. The standard InChI is InChI=1S/C17H36NO2.HI/c1-5-6-7-8-9-10-11-12-13-14-17(19)20-16-15-18(2,3)4;/h5-16H2,1-4H3;1H/q+1;/p-1. The molecule has 0 aliphatic rings. The van der Waals surface area contributed by atoms with E-state index in [-0.39, 0.29) is 29.9 Å². The summed E-state index contributed by atoms with van der Waals surface area (Å²) in [5.74, 6) is -0.0265. The fraction of sp³-hybridized carbons (Fsp3) is 0.941. The van der Waals surface area contributed by atoms with E-state index in [9.17, 15) is 4.79 Å². The number of nitrogens with zero attached hydrogens (tertiary/aromatic N) is 1. The molecule has 3 nitrogen and oxygen atoms in total. The molecule has 0 rings (SSSR count). The van der Waals surface area contributed by atoms with E-state index < -0.39 is 0 Å². The minimum absolute atomic E-state index is 0. The zero-order valence-electron chi connectivity index (χ0n) is 14.6. The average molecular weight is 413 g/mol. The van der Waals surface area contributed by atoms with Crippen LogP contribution in [0, 0.1) is 0 Å². The number of unbranched alkanes of at least 4 members (excludes halogenated alkanes) is 8. The van der Waals surface area contributed by atoms with Crippen molar-refractivity contribution in [3.8, 4) is 0 Å². The topological polar surface area (TPSA) is 26.3 Å². The second-order valence-corrected chi connectivity index (χ2v) is 6.81. The van der Waals surface area contributed by atoms with E-state index in [4.69, 9.17) is 4.74 Å². The molecule has 21 heavy (non-hydrogen) atoms. The van der Waals surface area contributed by atoms with Gasteiger partial charge in [-0.15, -0.1) is 0 Å². The zero-order valence-corrected chi connectivity index (χ0v) is 16.8. The van der Waals surface area contributed by atoms with Gasteiger partial charge in [-0.1, -0.05) is 58.3 Å². The number of hydrogen-bond acceptors (Lipinski definition) is 2. The highest BCUT2D eigenvalue weighted by Crippen LogP contribution is 2.10. The zero-order chi connectivity index (χ0) is 15.3. The van der Waals surface area contributed by atoms with Crippen LogP contribution >= 0.6 is 0 Å². The predicted octanol–water partition coefficient (Wildman–Crippen LogP) is 1.16. The smallest absolute Gasteiger partial charge is 0.305 e. The van der Waals surface area contributed by atoms with Crippen LogP contribution in [-0.2, 0) is 9.53 Å². The molecular formula is C17H36INO2. The Bertz CT molecular complexity index is 239. The Hall–Kier alpha value is 0.160. The van der Waals surface area contributed by atoms with E-state index in [1.807, 2.05) is 0 Å². The molecule has 0 saturated carbocycles. The molecule has 0 aliphatic heterocycles. The number of halogens is 1. The predicted molar refractivity (Wildman–Crippen MR) is 85.7 cm³/mol. The van der Waals surface area contributed by atoms with Crippen molar-refractivity contribution in [1.29, 1.82) is 0 Å². The Morgan fingerprint density at radius 1 is 0.857 bits per heavy atom. The van der Waals surface area contributed by atoms with Crippen LogP contribution in [0.4, 0.5) is 0 Å². The first-order chi connectivity index (χ1) is 9.45. The minimum atomic E-state index is -0.0265. The fourth-order valence-electron chi connectivity index (χ4n) is 2.09.